The molecular weight excluding hydrogens is 438 g/mol. The third-order valence-electron chi connectivity index (χ3n) is 5.66. The number of nitrogens with zero attached hydrogens (tertiary/aromatic N) is 2. The van der Waals surface area contributed by atoms with E-state index in [2.05, 4.69) is 22.5 Å². The number of anilines is 1. The van der Waals surface area contributed by atoms with Crippen LogP contribution in [0.2, 0.25) is 0 Å². The molecule has 1 aliphatic carbocycles. The van der Waals surface area contributed by atoms with Gasteiger partial charge >= 0.3 is 12.1 Å². The van der Waals surface area contributed by atoms with Crippen LogP contribution in [0.25, 0.3) is 11.1 Å². The molecule has 0 atom stereocenters. The van der Waals surface area contributed by atoms with Crippen molar-refractivity contribution < 1.29 is 28.9 Å². The molecule has 2 aromatic carbocycles. The predicted octanol–water partition coefficient (Wildman–Crippen LogP) is 4.34. The molecule has 4 rings (SSSR count). The van der Waals surface area contributed by atoms with Crippen molar-refractivity contribution in [2.45, 2.75) is 32.6 Å². The highest BCUT2D eigenvalue weighted by Crippen LogP contribution is 2.44. The Morgan fingerprint density at radius 3 is 2.18 bits per heavy atom. The van der Waals surface area contributed by atoms with Crippen molar-refractivity contribution in [2.24, 2.45) is 0 Å². The predicted molar refractivity (Wildman–Crippen MR) is 125 cm³/mol. The maximum atomic E-state index is 12.7. The molecule has 1 aliphatic rings. The zero-order valence-corrected chi connectivity index (χ0v) is 19.1. The number of carbonyl (C=O) groups excluding carboxylic acids is 1. The molecule has 3 aromatic rings. The van der Waals surface area contributed by atoms with Crippen molar-refractivity contribution in [3.8, 4) is 11.1 Å². The number of amides is 1. The molecule has 0 fully saturated rings. The minimum Gasteiger partial charge on any atom is -0.477 e. The number of aromatic carboxylic acids is 1. The largest absolute Gasteiger partial charge is 0.477 e. The molecule has 9 heteroatoms. The second kappa shape index (κ2) is 10.5. The highest BCUT2D eigenvalue weighted by atomic mass is 16.7. The third-order valence-corrected chi connectivity index (χ3v) is 5.66. The highest BCUT2D eigenvalue weighted by molar-refractivity contribution is 5.97. The Balaban J connectivity index is 1.49. The Bertz CT molecular complexity index is 1120. The maximum absolute atomic E-state index is 12.7. The molecule has 0 saturated heterocycles. The average Bonchev–Trinajstić information content (AvgIpc) is 3.37. The van der Waals surface area contributed by atoms with Crippen LogP contribution in [0.15, 0.2) is 54.7 Å². The Hall–Kier alpha value is -3.69. The Kier molecular flexibility index (Phi) is 7.24. The molecule has 1 heterocycles. The van der Waals surface area contributed by atoms with Crippen LogP contribution in [-0.4, -0.2) is 53.1 Å². The third kappa shape index (κ3) is 4.80. The lowest BCUT2D eigenvalue weighted by Gasteiger charge is -2.19. The van der Waals surface area contributed by atoms with Gasteiger partial charge in [0.15, 0.2) is 6.29 Å². The second-order valence-corrected chi connectivity index (χ2v) is 7.68. The lowest BCUT2D eigenvalue weighted by atomic mass is 9.98. The van der Waals surface area contributed by atoms with E-state index in [9.17, 15) is 14.7 Å². The summed E-state index contributed by atoms with van der Waals surface area (Å²) in [6.07, 6.45) is -0.230. The number of hydrogen-bond donors (Lipinski definition) is 2. The quantitative estimate of drug-likeness (QED) is 0.428. The fraction of sp³-hybridized carbons (Fsp3) is 0.320. The van der Waals surface area contributed by atoms with Crippen LogP contribution in [-0.2, 0) is 20.8 Å². The molecule has 34 heavy (non-hydrogen) atoms. The van der Waals surface area contributed by atoms with E-state index < -0.39 is 18.4 Å². The van der Waals surface area contributed by atoms with Gasteiger partial charge < -0.3 is 19.3 Å². The lowest BCUT2D eigenvalue weighted by molar-refractivity contribution is -0.144. The van der Waals surface area contributed by atoms with E-state index in [0.29, 0.717) is 13.2 Å². The summed E-state index contributed by atoms with van der Waals surface area (Å²) in [5, 5.41) is 16.2. The fourth-order valence-corrected chi connectivity index (χ4v) is 4.21. The summed E-state index contributed by atoms with van der Waals surface area (Å²) in [5.41, 5.74) is 4.26. The van der Waals surface area contributed by atoms with Gasteiger partial charge in [-0.3, -0.25) is 5.32 Å². The van der Waals surface area contributed by atoms with Crippen molar-refractivity contribution >= 4 is 17.9 Å². The number of rotatable bonds is 10. The van der Waals surface area contributed by atoms with Crippen LogP contribution in [0.3, 0.4) is 0 Å². The Morgan fingerprint density at radius 1 is 1.03 bits per heavy atom. The van der Waals surface area contributed by atoms with Gasteiger partial charge in [0.05, 0.1) is 12.7 Å². The summed E-state index contributed by atoms with van der Waals surface area (Å²) >= 11 is 0. The Morgan fingerprint density at radius 2 is 1.62 bits per heavy atom. The molecular formula is C25H27N3O6. The van der Waals surface area contributed by atoms with Gasteiger partial charge in [-0.15, -0.1) is 0 Å². The first-order valence-electron chi connectivity index (χ1n) is 11.2. The molecule has 0 unspecified atom stereocenters. The van der Waals surface area contributed by atoms with Crippen molar-refractivity contribution in [3.05, 3.63) is 71.4 Å². The summed E-state index contributed by atoms with van der Waals surface area (Å²) in [6.45, 7) is 4.69. The monoisotopic (exact) mass is 465 g/mol. The Labute approximate surface area is 197 Å². The maximum Gasteiger partial charge on any atom is 0.412 e. The first-order chi connectivity index (χ1) is 16.5. The number of carboxylic acids is 1. The summed E-state index contributed by atoms with van der Waals surface area (Å²) in [7, 11) is 0. The number of carboxylic acid groups (broad SMARTS) is 1. The van der Waals surface area contributed by atoms with E-state index in [4.69, 9.17) is 14.2 Å². The summed E-state index contributed by atoms with van der Waals surface area (Å²) in [6, 6.07) is 16.1. The summed E-state index contributed by atoms with van der Waals surface area (Å²) in [4.78, 5) is 24.4. The first-order valence-corrected chi connectivity index (χ1v) is 11.2. The molecule has 0 saturated carbocycles. The number of aromatic nitrogens is 2. The van der Waals surface area contributed by atoms with E-state index in [1.165, 1.54) is 10.9 Å². The molecule has 9 nitrogen and oxygen atoms in total. The molecule has 1 amide bonds. The molecule has 0 radical (unpaired) electrons. The topological polar surface area (TPSA) is 112 Å². The van der Waals surface area contributed by atoms with Gasteiger partial charge in [0, 0.05) is 19.1 Å². The van der Waals surface area contributed by atoms with Crippen molar-refractivity contribution in [1.82, 2.24) is 9.78 Å². The van der Waals surface area contributed by atoms with Crippen LogP contribution < -0.4 is 5.32 Å². The van der Waals surface area contributed by atoms with E-state index >= 15 is 0 Å². The van der Waals surface area contributed by atoms with E-state index in [1.807, 2.05) is 50.2 Å². The fourth-order valence-electron chi connectivity index (χ4n) is 4.21. The van der Waals surface area contributed by atoms with Crippen LogP contribution >= 0.6 is 0 Å². The number of carbonyl (C=O) groups is 2. The van der Waals surface area contributed by atoms with Crippen molar-refractivity contribution in [2.75, 3.05) is 25.1 Å². The van der Waals surface area contributed by atoms with E-state index in [0.717, 1.165) is 22.3 Å². The first kappa shape index (κ1) is 23.5. The van der Waals surface area contributed by atoms with Gasteiger partial charge in [0.2, 0.25) is 0 Å². The zero-order valence-electron chi connectivity index (χ0n) is 19.1. The van der Waals surface area contributed by atoms with E-state index in [1.54, 1.807) is 0 Å². The van der Waals surface area contributed by atoms with Crippen LogP contribution in [0.5, 0.6) is 0 Å². The molecule has 0 bridgehead atoms. The summed E-state index contributed by atoms with van der Waals surface area (Å²) < 4.78 is 17.9. The van der Waals surface area contributed by atoms with Crippen LogP contribution in [0.1, 0.15) is 41.3 Å². The SMILES string of the molecule is CCOC(Cn1ncc(C(=O)O)c1NC(=O)OCC1c2ccccc2-c2ccccc21)OCC. The molecule has 0 spiro atoms. The number of benzene rings is 2. The minimum atomic E-state index is -1.22. The molecule has 2 N–H and O–H groups in total. The van der Waals surface area contributed by atoms with Gasteiger partial charge in [0.1, 0.15) is 18.0 Å². The van der Waals surface area contributed by atoms with Gasteiger partial charge in [0.25, 0.3) is 0 Å². The molecule has 1 aromatic heterocycles. The highest BCUT2D eigenvalue weighted by Gasteiger charge is 2.29. The van der Waals surface area contributed by atoms with Gasteiger partial charge in [-0.05, 0) is 36.1 Å². The normalized spacial score (nSPS) is 12.4. The molecule has 0 aliphatic heterocycles. The second-order valence-electron chi connectivity index (χ2n) is 7.68. The molecule has 178 valence electrons. The summed E-state index contributed by atoms with van der Waals surface area (Å²) in [5.74, 6) is -1.32. The van der Waals surface area contributed by atoms with Crippen molar-refractivity contribution in [3.63, 3.8) is 0 Å². The number of fused-ring (bicyclic) bond motifs is 3. The van der Waals surface area contributed by atoms with Crippen LogP contribution in [0.4, 0.5) is 10.6 Å². The minimum absolute atomic E-state index is 0.00845. The number of hydrogen-bond acceptors (Lipinski definition) is 6. The van der Waals surface area contributed by atoms with Gasteiger partial charge in [-0.25, -0.2) is 14.3 Å². The number of nitrogens with one attached hydrogen (secondary N) is 1. The standard InChI is InChI=1S/C25H27N3O6/c1-3-32-22(33-4-2)14-28-23(20(13-26-28)24(29)30)27-25(31)34-15-21-18-11-7-5-9-16(18)17-10-6-8-12-19(17)21/h5-13,21-22H,3-4,14-15H2,1-2H3,(H,27,31)(H,29,30). The van der Waals surface area contributed by atoms with Crippen molar-refractivity contribution in [1.29, 1.82) is 0 Å². The number of ether oxygens (including phenoxy) is 3. The van der Waals surface area contributed by atoms with Gasteiger partial charge in [-0.2, -0.15) is 5.10 Å². The van der Waals surface area contributed by atoms with Gasteiger partial charge in [-0.1, -0.05) is 48.5 Å². The zero-order chi connectivity index (χ0) is 24.1. The van der Waals surface area contributed by atoms with Crippen LogP contribution in [0, 0.1) is 0 Å². The average molecular weight is 466 g/mol. The van der Waals surface area contributed by atoms with E-state index in [-0.39, 0.29) is 30.5 Å². The smallest absolute Gasteiger partial charge is 0.412 e. The lowest BCUT2D eigenvalue weighted by Crippen LogP contribution is -2.27.